The van der Waals surface area contributed by atoms with Gasteiger partial charge >= 0.3 is 5.97 Å². The molecule has 1 aromatic rings. The van der Waals surface area contributed by atoms with Crippen molar-refractivity contribution in [3.05, 3.63) is 23.8 Å². The number of hydrogen-bond donors (Lipinski definition) is 3. The van der Waals surface area contributed by atoms with Crippen LogP contribution in [0.5, 0.6) is 0 Å². The molecule has 2 aliphatic heterocycles. The molecule has 96 valence electrons. The van der Waals surface area contributed by atoms with Crippen molar-refractivity contribution in [2.24, 2.45) is 0 Å². The number of fused-ring (bicyclic) bond motifs is 2. The van der Waals surface area contributed by atoms with Gasteiger partial charge in [-0.1, -0.05) is 0 Å². The average Bonchev–Trinajstić information content (AvgIpc) is 2.90. The van der Waals surface area contributed by atoms with Crippen molar-refractivity contribution >= 4 is 17.3 Å². The molecule has 5 heteroatoms. The van der Waals surface area contributed by atoms with E-state index in [2.05, 4.69) is 5.32 Å². The third-order valence-electron chi connectivity index (χ3n) is 3.74. The predicted molar refractivity (Wildman–Crippen MR) is 67.7 cm³/mol. The fraction of sp³-hybridized carbons (Fsp3) is 0.462. The average molecular weight is 248 g/mol. The van der Waals surface area contributed by atoms with Gasteiger partial charge in [0, 0.05) is 11.4 Å². The second kappa shape index (κ2) is 4.17. The van der Waals surface area contributed by atoms with Gasteiger partial charge < -0.3 is 20.9 Å². The summed E-state index contributed by atoms with van der Waals surface area (Å²) in [5.74, 6) is -0.998. The normalized spacial score (nSPS) is 29.4. The van der Waals surface area contributed by atoms with Crippen LogP contribution in [-0.4, -0.2) is 29.3 Å². The number of anilines is 2. The molecule has 2 aliphatic rings. The molecule has 0 radical (unpaired) electrons. The monoisotopic (exact) mass is 248 g/mol. The van der Waals surface area contributed by atoms with E-state index in [0.29, 0.717) is 12.1 Å². The zero-order valence-electron chi connectivity index (χ0n) is 9.93. The molecule has 0 spiro atoms. The van der Waals surface area contributed by atoms with Crippen molar-refractivity contribution in [2.45, 2.75) is 37.5 Å². The van der Waals surface area contributed by atoms with E-state index in [1.54, 1.807) is 12.1 Å². The Morgan fingerprint density at radius 3 is 2.83 bits per heavy atom. The fourth-order valence-corrected chi connectivity index (χ4v) is 2.85. The van der Waals surface area contributed by atoms with Crippen LogP contribution in [0.4, 0.5) is 11.4 Å². The minimum Gasteiger partial charge on any atom is -0.478 e. The molecule has 0 aliphatic carbocycles. The van der Waals surface area contributed by atoms with Crippen molar-refractivity contribution in [1.82, 2.24) is 0 Å². The van der Waals surface area contributed by atoms with E-state index >= 15 is 0 Å². The Labute approximate surface area is 105 Å². The van der Waals surface area contributed by atoms with Crippen molar-refractivity contribution < 1.29 is 14.6 Å². The van der Waals surface area contributed by atoms with Crippen LogP contribution in [0.3, 0.4) is 0 Å². The highest BCUT2D eigenvalue weighted by Gasteiger charge is 2.40. The topological polar surface area (TPSA) is 84.6 Å². The van der Waals surface area contributed by atoms with Gasteiger partial charge in [-0.2, -0.15) is 0 Å². The summed E-state index contributed by atoms with van der Waals surface area (Å²) < 4.78 is 5.76. The Morgan fingerprint density at radius 2 is 2.28 bits per heavy atom. The van der Waals surface area contributed by atoms with E-state index in [1.165, 1.54) is 6.07 Å². The van der Waals surface area contributed by atoms with Crippen molar-refractivity contribution in [2.75, 3.05) is 11.1 Å². The molecule has 3 atom stereocenters. The third-order valence-corrected chi connectivity index (χ3v) is 3.74. The largest absolute Gasteiger partial charge is 0.478 e. The van der Waals surface area contributed by atoms with E-state index in [1.807, 2.05) is 0 Å². The standard InChI is InChI=1S/C13H16N2O3/c14-10-5-7(1-3-9(10)13(16)17)15-11-6-8-2-4-12(11)18-8/h1,3,5,8,11-12,15H,2,4,6,14H2,(H,16,17). The van der Waals surface area contributed by atoms with Crippen LogP contribution >= 0.6 is 0 Å². The Hall–Kier alpha value is -1.75. The van der Waals surface area contributed by atoms with Crippen molar-refractivity contribution in [3.8, 4) is 0 Å². The third kappa shape index (κ3) is 1.90. The Morgan fingerprint density at radius 1 is 1.44 bits per heavy atom. The first-order chi connectivity index (χ1) is 8.63. The van der Waals surface area contributed by atoms with Crippen LogP contribution < -0.4 is 11.1 Å². The lowest BCUT2D eigenvalue weighted by Gasteiger charge is -2.21. The molecule has 2 heterocycles. The Kier molecular flexibility index (Phi) is 2.63. The number of carboxylic acids is 1. The van der Waals surface area contributed by atoms with Gasteiger partial charge in [0.1, 0.15) is 0 Å². The van der Waals surface area contributed by atoms with Crippen molar-refractivity contribution in [1.29, 1.82) is 0 Å². The number of ether oxygens (including phenoxy) is 1. The summed E-state index contributed by atoms with van der Waals surface area (Å²) in [6.07, 6.45) is 3.96. The SMILES string of the molecule is Nc1cc(NC2CC3CCC2O3)ccc1C(=O)O. The van der Waals surface area contributed by atoms with E-state index in [9.17, 15) is 4.79 Å². The lowest BCUT2D eigenvalue weighted by Crippen LogP contribution is -2.30. The number of aromatic carboxylic acids is 1. The second-order valence-corrected chi connectivity index (χ2v) is 4.97. The number of hydrogen-bond acceptors (Lipinski definition) is 4. The first-order valence-corrected chi connectivity index (χ1v) is 6.18. The van der Waals surface area contributed by atoms with Gasteiger partial charge in [0.05, 0.1) is 23.8 Å². The number of carboxylic acid groups (broad SMARTS) is 1. The molecule has 3 rings (SSSR count). The van der Waals surface area contributed by atoms with Crippen LogP contribution in [0.1, 0.15) is 29.6 Å². The van der Waals surface area contributed by atoms with Crippen LogP contribution in [0.2, 0.25) is 0 Å². The summed E-state index contributed by atoms with van der Waals surface area (Å²) in [6.45, 7) is 0. The summed E-state index contributed by atoms with van der Waals surface area (Å²) in [7, 11) is 0. The molecule has 0 aromatic heterocycles. The van der Waals surface area contributed by atoms with Gasteiger partial charge in [-0.15, -0.1) is 0 Å². The lowest BCUT2D eigenvalue weighted by atomic mass is 9.95. The molecule has 5 nitrogen and oxygen atoms in total. The summed E-state index contributed by atoms with van der Waals surface area (Å²) >= 11 is 0. The smallest absolute Gasteiger partial charge is 0.337 e. The number of nitrogens with two attached hydrogens (primary N) is 1. The second-order valence-electron chi connectivity index (χ2n) is 4.97. The number of carbonyl (C=O) groups is 1. The summed E-state index contributed by atoms with van der Waals surface area (Å²) in [5.41, 5.74) is 7.01. The van der Waals surface area contributed by atoms with Gasteiger partial charge in [-0.25, -0.2) is 4.79 Å². The van der Waals surface area contributed by atoms with Crippen LogP contribution in [0, 0.1) is 0 Å². The van der Waals surface area contributed by atoms with Gasteiger partial charge in [-0.3, -0.25) is 0 Å². The highest BCUT2D eigenvalue weighted by molar-refractivity contribution is 5.94. The fourth-order valence-electron chi connectivity index (χ4n) is 2.85. The molecule has 4 N–H and O–H groups in total. The highest BCUT2D eigenvalue weighted by atomic mass is 16.5. The molecule has 2 saturated heterocycles. The lowest BCUT2D eigenvalue weighted by molar-refractivity contribution is 0.0698. The minimum atomic E-state index is -0.998. The first kappa shape index (κ1) is 11.3. The van der Waals surface area contributed by atoms with E-state index in [4.69, 9.17) is 15.6 Å². The van der Waals surface area contributed by atoms with Gasteiger partial charge in [0.25, 0.3) is 0 Å². The molecule has 0 amide bonds. The number of nitrogens with one attached hydrogen (secondary N) is 1. The quantitative estimate of drug-likeness (QED) is 0.709. The summed E-state index contributed by atoms with van der Waals surface area (Å²) in [4.78, 5) is 10.9. The van der Waals surface area contributed by atoms with E-state index in [0.717, 1.165) is 24.9 Å². The molecule has 2 fully saturated rings. The van der Waals surface area contributed by atoms with E-state index < -0.39 is 5.97 Å². The highest BCUT2D eigenvalue weighted by Crippen LogP contribution is 2.36. The zero-order valence-corrected chi connectivity index (χ0v) is 9.93. The molecular weight excluding hydrogens is 232 g/mol. The molecular formula is C13H16N2O3. The molecule has 0 saturated carbocycles. The number of rotatable bonds is 3. The first-order valence-electron chi connectivity index (χ1n) is 6.18. The summed E-state index contributed by atoms with van der Waals surface area (Å²) in [6, 6.07) is 5.29. The van der Waals surface area contributed by atoms with Gasteiger partial charge in [0.15, 0.2) is 0 Å². The maximum Gasteiger partial charge on any atom is 0.337 e. The molecule has 3 unspecified atom stereocenters. The predicted octanol–water partition coefficient (Wildman–Crippen LogP) is 1.70. The van der Waals surface area contributed by atoms with Gasteiger partial charge in [-0.05, 0) is 37.5 Å². The Bertz CT molecular complexity index is 489. The molecule has 1 aromatic carbocycles. The summed E-state index contributed by atoms with van der Waals surface area (Å²) in [5, 5.41) is 12.3. The minimum absolute atomic E-state index is 0.143. The van der Waals surface area contributed by atoms with Crippen LogP contribution in [-0.2, 0) is 4.74 Å². The Balaban J connectivity index is 1.74. The van der Waals surface area contributed by atoms with Crippen LogP contribution in [0.25, 0.3) is 0 Å². The maximum atomic E-state index is 10.9. The molecule has 2 bridgehead atoms. The zero-order chi connectivity index (χ0) is 12.7. The maximum absolute atomic E-state index is 10.9. The van der Waals surface area contributed by atoms with Crippen molar-refractivity contribution in [3.63, 3.8) is 0 Å². The van der Waals surface area contributed by atoms with Crippen LogP contribution in [0.15, 0.2) is 18.2 Å². The molecule has 18 heavy (non-hydrogen) atoms. The van der Waals surface area contributed by atoms with Gasteiger partial charge in [0.2, 0.25) is 0 Å². The van der Waals surface area contributed by atoms with E-state index in [-0.39, 0.29) is 17.4 Å². The number of benzene rings is 1. The number of nitrogen functional groups attached to an aromatic ring is 1.